The first-order valence-corrected chi connectivity index (χ1v) is 9.32. The minimum atomic E-state index is -0.157. The molecule has 1 heterocycles. The molecule has 1 unspecified atom stereocenters. The second kappa shape index (κ2) is 8.88. The van der Waals surface area contributed by atoms with Crippen molar-refractivity contribution in [3.63, 3.8) is 0 Å². The molecule has 0 spiro atoms. The van der Waals surface area contributed by atoms with Gasteiger partial charge in [0.15, 0.2) is 0 Å². The second-order valence-corrected chi connectivity index (χ2v) is 7.17. The number of nitrogens with zero attached hydrogens (tertiary/aromatic N) is 2. The Labute approximate surface area is 151 Å². The molecule has 1 saturated heterocycles. The highest BCUT2D eigenvalue weighted by atomic mass is 16.2. The van der Waals surface area contributed by atoms with Crippen LogP contribution in [0.15, 0.2) is 24.3 Å². The molecule has 2 rings (SSSR count). The van der Waals surface area contributed by atoms with Crippen LogP contribution in [-0.2, 0) is 9.59 Å². The van der Waals surface area contributed by atoms with Crippen LogP contribution in [0.5, 0.6) is 0 Å². The van der Waals surface area contributed by atoms with Crippen LogP contribution in [0, 0.1) is 5.92 Å². The SMILES string of the molecule is CCC(C)N(CC(=O)Nc1ccc(N2CCC(C)CC2)cc1)C(C)=O. The van der Waals surface area contributed by atoms with Gasteiger partial charge in [-0.3, -0.25) is 9.59 Å². The van der Waals surface area contributed by atoms with E-state index in [0.717, 1.165) is 31.1 Å². The van der Waals surface area contributed by atoms with E-state index in [2.05, 4.69) is 29.3 Å². The molecule has 0 bridgehead atoms. The largest absolute Gasteiger partial charge is 0.372 e. The van der Waals surface area contributed by atoms with Crippen molar-refractivity contribution in [2.75, 3.05) is 29.9 Å². The van der Waals surface area contributed by atoms with Gasteiger partial charge in [-0.1, -0.05) is 13.8 Å². The highest BCUT2D eigenvalue weighted by molar-refractivity contribution is 5.94. The lowest BCUT2D eigenvalue weighted by atomic mass is 9.99. The third-order valence-corrected chi connectivity index (χ3v) is 5.14. The lowest BCUT2D eigenvalue weighted by Crippen LogP contribution is -2.42. The first-order valence-electron chi connectivity index (χ1n) is 9.32. The zero-order chi connectivity index (χ0) is 18.4. The molecule has 0 aliphatic carbocycles. The number of nitrogens with one attached hydrogen (secondary N) is 1. The van der Waals surface area contributed by atoms with E-state index in [1.165, 1.54) is 25.5 Å². The molecule has 0 aromatic heterocycles. The van der Waals surface area contributed by atoms with E-state index in [-0.39, 0.29) is 24.4 Å². The number of hydrogen-bond acceptors (Lipinski definition) is 3. The summed E-state index contributed by atoms with van der Waals surface area (Å²) >= 11 is 0. The molecule has 1 atom stereocenters. The van der Waals surface area contributed by atoms with E-state index in [4.69, 9.17) is 0 Å². The predicted octanol–water partition coefficient (Wildman–Crippen LogP) is 3.51. The fourth-order valence-corrected chi connectivity index (χ4v) is 3.18. The Bertz CT molecular complexity index is 577. The maximum atomic E-state index is 12.3. The summed E-state index contributed by atoms with van der Waals surface area (Å²) in [6, 6.07) is 8.05. The van der Waals surface area contributed by atoms with Gasteiger partial charge in [0.25, 0.3) is 0 Å². The Kier molecular flexibility index (Phi) is 6.85. The number of rotatable bonds is 6. The summed E-state index contributed by atoms with van der Waals surface area (Å²) in [5.74, 6) is 0.582. The van der Waals surface area contributed by atoms with E-state index in [9.17, 15) is 9.59 Å². The van der Waals surface area contributed by atoms with Crippen molar-refractivity contribution < 1.29 is 9.59 Å². The van der Waals surface area contributed by atoms with Crippen LogP contribution in [0.4, 0.5) is 11.4 Å². The summed E-state index contributed by atoms with van der Waals surface area (Å²) in [5.41, 5.74) is 1.97. The van der Waals surface area contributed by atoms with Gasteiger partial charge in [0.1, 0.15) is 6.54 Å². The first-order chi connectivity index (χ1) is 11.9. The summed E-state index contributed by atoms with van der Waals surface area (Å²) in [6.45, 7) is 10.1. The van der Waals surface area contributed by atoms with E-state index >= 15 is 0 Å². The zero-order valence-electron chi connectivity index (χ0n) is 15.9. The zero-order valence-corrected chi connectivity index (χ0v) is 15.9. The standard InChI is InChI=1S/C20H31N3O2/c1-5-16(3)23(17(4)24)14-20(25)21-18-6-8-19(9-7-18)22-12-10-15(2)11-13-22/h6-9,15-16H,5,10-14H2,1-4H3,(H,21,25). The third-order valence-electron chi connectivity index (χ3n) is 5.14. The van der Waals surface area contributed by atoms with Gasteiger partial charge in [0.2, 0.25) is 11.8 Å². The van der Waals surface area contributed by atoms with Crippen molar-refractivity contribution in [3.05, 3.63) is 24.3 Å². The lowest BCUT2D eigenvalue weighted by Gasteiger charge is -2.32. The van der Waals surface area contributed by atoms with Crippen LogP contribution in [0.1, 0.15) is 47.0 Å². The Hall–Kier alpha value is -2.04. The number of piperidine rings is 1. The van der Waals surface area contributed by atoms with Crippen molar-refractivity contribution in [3.8, 4) is 0 Å². The van der Waals surface area contributed by atoms with E-state index in [1.807, 2.05) is 26.0 Å². The smallest absolute Gasteiger partial charge is 0.244 e. The number of amides is 2. The Morgan fingerprint density at radius 2 is 1.84 bits per heavy atom. The topological polar surface area (TPSA) is 52.7 Å². The molecule has 25 heavy (non-hydrogen) atoms. The minimum Gasteiger partial charge on any atom is -0.372 e. The van der Waals surface area contributed by atoms with Gasteiger partial charge in [-0.25, -0.2) is 0 Å². The molecule has 1 fully saturated rings. The summed E-state index contributed by atoms with van der Waals surface area (Å²) in [7, 11) is 0. The average molecular weight is 345 g/mol. The van der Waals surface area contributed by atoms with Crippen molar-refractivity contribution in [2.24, 2.45) is 5.92 Å². The van der Waals surface area contributed by atoms with Crippen molar-refractivity contribution in [1.29, 1.82) is 0 Å². The van der Waals surface area contributed by atoms with Crippen molar-refractivity contribution >= 4 is 23.2 Å². The fraction of sp³-hybridized carbons (Fsp3) is 0.600. The van der Waals surface area contributed by atoms with Gasteiger partial charge >= 0.3 is 0 Å². The summed E-state index contributed by atoms with van der Waals surface area (Å²) < 4.78 is 0. The maximum absolute atomic E-state index is 12.3. The summed E-state index contributed by atoms with van der Waals surface area (Å²) in [5, 5.41) is 2.89. The normalized spacial score (nSPS) is 16.4. The molecule has 5 nitrogen and oxygen atoms in total. The lowest BCUT2D eigenvalue weighted by molar-refractivity contribution is -0.134. The molecule has 0 radical (unpaired) electrons. The number of anilines is 2. The molecule has 1 aliphatic rings. The summed E-state index contributed by atoms with van der Waals surface area (Å²) in [4.78, 5) is 28.0. The number of hydrogen-bond donors (Lipinski definition) is 1. The highest BCUT2D eigenvalue weighted by Gasteiger charge is 2.19. The molecular weight excluding hydrogens is 314 g/mol. The summed E-state index contributed by atoms with van der Waals surface area (Å²) in [6.07, 6.45) is 3.29. The van der Waals surface area contributed by atoms with Crippen LogP contribution >= 0.6 is 0 Å². The molecule has 1 N–H and O–H groups in total. The van der Waals surface area contributed by atoms with Gasteiger partial charge in [0, 0.05) is 37.4 Å². The van der Waals surface area contributed by atoms with Crippen molar-refractivity contribution in [2.45, 2.75) is 53.0 Å². The van der Waals surface area contributed by atoms with Gasteiger partial charge in [0.05, 0.1) is 0 Å². The molecule has 5 heteroatoms. The fourth-order valence-electron chi connectivity index (χ4n) is 3.18. The maximum Gasteiger partial charge on any atom is 0.244 e. The van der Waals surface area contributed by atoms with Gasteiger partial charge < -0.3 is 15.1 Å². The van der Waals surface area contributed by atoms with Crippen molar-refractivity contribution in [1.82, 2.24) is 4.90 Å². The van der Waals surface area contributed by atoms with Gasteiger partial charge in [-0.15, -0.1) is 0 Å². The monoisotopic (exact) mass is 345 g/mol. The molecule has 1 aromatic carbocycles. The molecule has 0 saturated carbocycles. The molecule has 138 valence electrons. The Morgan fingerprint density at radius 3 is 2.36 bits per heavy atom. The molecule has 1 aromatic rings. The number of benzene rings is 1. The quantitative estimate of drug-likeness (QED) is 0.858. The average Bonchev–Trinajstić information content (AvgIpc) is 2.60. The number of carbonyl (C=O) groups excluding carboxylic acids is 2. The predicted molar refractivity (Wildman–Crippen MR) is 103 cm³/mol. The van der Waals surface area contributed by atoms with E-state index < -0.39 is 0 Å². The Morgan fingerprint density at radius 1 is 1.24 bits per heavy atom. The second-order valence-electron chi connectivity index (χ2n) is 7.17. The highest BCUT2D eigenvalue weighted by Crippen LogP contribution is 2.24. The van der Waals surface area contributed by atoms with Gasteiger partial charge in [-0.2, -0.15) is 0 Å². The molecule has 1 aliphatic heterocycles. The van der Waals surface area contributed by atoms with Crippen LogP contribution < -0.4 is 10.2 Å². The molecule has 2 amide bonds. The third kappa shape index (κ3) is 5.48. The van der Waals surface area contributed by atoms with Crippen LogP contribution in [0.25, 0.3) is 0 Å². The van der Waals surface area contributed by atoms with Crippen LogP contribution in [0.3, 0.4) is 0 Å². The van der Waals surface area contributed by atoms with E-state index in [0.29, 0.717) is 0 Å². The molecular formula is C20H31N3O2. The minimum absolute atomic E-state index is 0.0621. The Balaban J connectivity index is 1.91. The van der Waals surface area contributed by atoms with E-state index in [1.54, 1.807) is 4.90 Å². The first kappa shape index (κ1) is 19.3. The van der Waals surface area contributed by atoms with Crippen LogP contribution in [-0.4, -0.2) is 42.4 Å². The van der Waals surface area contributed by atoms with Gasteiger partial charge in [-0.05, 0) is 56.4 Å². The van der Waals surface area contributed by atoms with Crippen LogP contribution in [0.2, 0.25) is 0 Å². The number of carbonyl (C=O) groups is 2.